The molecule has 1 fully saturated rings. The Bertz CT molecular complexity index is 413. The smallest absolute Gasteiger partial charge is 0.253 e. The molecule has 1 aromatic rings. The van der Waals surface area contributed by atoms with Gasteiger partial charge in [-0.3, -0.25) is 4.79 Å². The number of nitrogens with zero attached hydrogens (tertiary/aromatic N) is 1. The second-order valence-corrected chi connectivity index (χ2v) is 5.21. The van der Waals surface area contributed by atoms with Crippen molar-refractivity contribution in [2.75, 3.05) is 18.8 Å². The van der Waals surface area contributed by atoms with Crippen LogP contribution in [0.1, 0.15) is 30.1 Å². The molecule has 1 atom stereocenters. The molecule has 1 aliphatic heterocycles. The fourth-order valence-corrected chi connectivity index (χ4v) is 2.54. The molecule has 1 saturated heterocycles. The highest BCUT2D eigenvalue weighted by atomic mass is 35.5. The number of carbonyl (C=O) groups is 1. The first-order valence-electron chi connectivity index (χ1n) is 5.91. The molecule has 0 aliphatic carbocycles. The number of amides is 1. The third-order valence-electron chi connectivity index (χ3n) is 3.11. The van der Waals surface area contributed by atoms with Gasteiger partial charge in [-0.25, -0.2) is 0 Å². The number of carbonyl (C=O) groups excluding carboxylic acids is 1. The molecular weight excluding hydrogens is 236 g/mol. The third kappa shape index (κ3) is 2.91. The lowest BCUT2D eigenvalue weighted by molar-refractivity contribution is 0.0683. The molecule has 1 aromatic carbocycles. The maximum atomic E-state index is 12.3. The zero-order valence-corrected chi connectivity index (χ0v) is 10.7. The van der Waals surface area contributed by atoms with Crippen LogP contribution in [0.5, 0.6) is 0 Å². The molecular formula is C13H17ClN2O. The maximum Gasteiger partial charge on any atom is 0.253 e. The van der Waals surface area contributed by atoms with Crippen molar-refractivity contribution in [2.24, 2.45) is 5.92 Å². The van der Waals surface area contributed by atoms with Gasteiger partial charge in [-0.15, -0.1) is 0 Å². The van der Waals surface area contributed by atoms with Crippen molar-refractivity contribution in [3.8, 4) is 0 Å². The van der Waals surface area contributed by atoms with Crippen LogP contribution in [-0.2, 0) is 0 Å². The van der Waals surface area contributed by atoms with E-state index >= 15 is 0 Å². The summed E-state index contributed by atoms with van der Waals surface area (Å²) >= 11 is 5.91. The summed E-state index contributed by atoms with van der Waals surface area (Å²) in [5.41, 5.74) is 6.82. The lowest BCUT2D eigenvalue weighted by atomic mass is 9.99. The van der Waals surface area contributed by atoms with Crippen LogP contribution in [0.25, 0.3) is 0 Å². The van der Waals surface area contributed by atoms with E-state index < -0.39 is 0 Å². The van der Waals surface area contributed by atoms with Crippen LogP contribution >= 0.6 is 11.6 Å². The van der Waals surface area contributed by atoms with E-state index in [1.54, 1.807) is 18.2 Å². The minimum Gasteiger partial charge on any atom is -0.399 e. The second-order valence-electron chi connectivity index (χ2n) is 4.77. The van der Waals surface area contributed by atoms with Crippen LogP contribution in [0.2, 0.25) is 5.02 Å². The summed E-state index contributed by atoms with van der Waals surface area (Å²) in [5.74, 6) is 0.606. The molecule has 2 rings (SSSR count). The van der Waals surface area contributed by atoms with Crippen molar-refractivity contribution < 1.29 is 4.79 Å². The molecule has 2 N–H and O–H groups in total. The lowest BCUT2D eigenvalue weighted by Crippen LogP contribution is -2.39. The van der Waals surface area contributed by atoms with E-state index in [-0.39, 0.29) is 5.91 Å². The van der Waals surface area contributed by atoms with Gasteiger partial charge in [0.05, 0.1) is 0 Å². The molecule has 92 valence electrons. The summed E-state index contributed by atoms with van der Waals surface area (Å²) in [6.07, 6.45) is 2.27. The van der Waals surface area contributed by atoms with Crippen LogP contribution in [-0.4, -0.2) is 23.9 Å². The number of benzene rings is 1. The van der Waals surface area contributed by atoms with Gasteiger partial charge in [0.15, 0.2) is 0 Å². The first-order chi connectivity index (χ1) is 8.06. The minimum absolute atomic E-state index is 0.0331. The van der Waals surface area contributed by atoms with Crippen molar-refractivity contribution in [2.45, 2.75) is 19.8 Å². The number of anilines is 1. The highest BCUT2D eigenvalue weighted by molar-refractivity contribution is 6.31. The Morgan fingerprint density at radius 2 is 2.24 bits per heavy atom. The van der Waals surface area contributed by atoms with Crippen LogP contribution in [0, 0.1) is 5.92 Å². The van der Waals surface area contributed by atoms with Crippen LogP contribution in [0.4, 0.5) is 5.69 Å². The summed E-state index contributed by atoms with van der Waals surface area (Å²) in [4.78, 5) is 14.1. The number of hydrogen-bond donors (Lipinski definition) is 1. The molecule has 0 spiro atoms. The number of likely N-dealkylation sites (tertiary alicyclic amines) is 1. The molecule has 1 amide bonds. The molecule has 0 radical (unpaired) electrons. The van der Waals surface area contributed by atoms with Crippen molar-refractivity contribution >= 4 is 23.2 Å². The van der Waals surface area contributed by atoms with E-state index in [9.17, 15) is 4.79 Å². The van der Waals surface area contributed by atoms with E-state index in [0.717, 1.165) is 19.5 Å². The Labute approximate surface area is 107 Å². The fraction of sp³-hybridized carbons (Fsp3) is 0.462. The standard InChI is InChI=1S/C13H17ClN2O/c1-9-3-2-4-16(8-9)13(17)10-5-11(14)7-12(15)6-10/h5-7,9H,2-4,8,15H2,1H3. The first kappa shape index (κ1) is 12.2. The fourth-order valence-electron chi connectivity index (χ4n) is 2.29. The Morgan fingerprint density at radius 1 is 1.47 bits per heavy atom. The Balaban J connectivity index is 2.18. The van der Waals surface area contributed by atoms with Gasteiger partial charge in [0.2, 0.25) is 0 Å². The topological polar surface area (TPSA) is 46.3 Å². The molecule has 0 aromatic heterocycles. The number of piperidine rings is 1. The summed E-state index contributed by atoms with van der Waals surface area (Å²) in [5, 5.41) is 0.512. The summed E-state index contributed by atoms with van der Waals surface area (Å²) < 4.78 is 0. The second kappa shape index (κ2) is 4.96. The van der Waals surface area contributed by atoms with Crippen molar-refractivity contribution in [1.29, 1.82) is 0 Å². The molecule has 1 unspecified atom stereocenters. The SMILES string of the molecule is CC1CCCN(C(=O)c2cc(N)cc(Cl)c2)C1. The average molecular weight is 253 g/mol. The van der Waals surface area contributed by atoms with Crippen molar-refractivity contribution in [3.63, 3.8) is 0 Å². The Kier molecular flexibility index (Phi) is 3.57. The van der Waals surface area contributed by atoms with E-state index in [1.165, 1.54) is 6.42 Å². The number of nitrogen functional groups attached to an aromatic ring is 1. The summed E-state index contributed by atoms with van der Waals surface area (Å²) in [7, 11) is 0. The molecule has 1 aliphatic rings. The van der Waals surface area contributed by atoms with Gasteiger partial charge in [0, 0.05) is 29.4 Å². The van der Waals surface area contributed by atoms with Gasteiger partial charge in [0.1, 0.15) is 0 Å². The van der Waals surface area contributed by atoms with Gasteiger partial charge in [0.25, 0.3) is 5.91 Å². The molecule has 3 nitrogen and oxygen atoms in total. The van der Waals surface area contributed by atoms with E-state index in [2.05, 4.69) is 6.92 Å². The normalized spacial score (nSPS) is 20.4. The Hall–Kier alpha value is -1.22. The van der Waals surface area contributed by atoms with Gasteiger partial charge < -0.3 is 10.6 Å². The highest BCUT2D eigenvalue weighted by Gasteiger charge is 2.22. The van der Waals surface area contributed by atoms with Crippen molar-refractivity contribution in [1.82, 2.24) is 4.90 Å². The van der Waals surface area contributed by atoms with Crippen LogP contribution in [0.15, 0.2) is 18.2 Å². The van der Waals surface area contributed by atoms with Gasteiger partial charge >= 0.3 is 0 Å². The first-order valence-corrected chi connectivity index (χ1v) is 6.29. The number of halogens is 1. The van der Waals surface area contributed by atoms with E-state index in [0.29, 0.717) is 22.2 Å². The Morgan fingerprint density at radius 3 is 2.88 bits per heavy atom. The molecule has 0 bridgehead atoms. The number of hydrogen-bond acceptors (Lipinski definition) is 2. The monoisotopic (exact) mass is 252 g/mol. The summed E-state index contributed by atoms with van der Waals surface area (Å²) in [6, 6.07) is 5.02. The van der Waals surface area contributed by atoms with Gasteiger partial charge in [-0.05, 0) is 37.0 Å². The third-order valence-corrected chi connectivity index (χ3v) is 3.33. The molecule has 0 saturated carbocycles. The molecule has 4 heteroatoms. The van der Waals surface area contributed by atoms with Gasteiger partial charge in [-0.1, -0.05) is 18.5 Å². The average Bonchev–Trinajstić information content (AvgIpc) is 2.26. The minimum atomic E-state index is 0.0331. The predicted octanol–water partition coefficient (Wildman–Crippen LogP) is 2.79. The van der Waals surface area contributed by atoms with E-state index in [1.807, 2.05) is 4.90 Å². The predicted molar refractivity (Wildman–Crippen MR) is 70.2 cm³/mol. The zero-order valence-electron chi connectivity index (χ0n) is 9.95. The van der Waals surface area contributed by atoms with Crippen LogP contribution in [0.3, 0.4) is 0 Å². The number of rotatable bonds is 1. The quantitative estimate of drug-likeness (QED) is 0.782. The summed E-state index contributed by atoms with van der Waals surface area (Å²) in [6.45, 7) is 3.83. The molecule has 1 heterocycles. The van der Waals surface area contributed by atoms with Crippen LogP contribution < -0.4 is 5.73 Å². The lowest BCUT2D eigenvalue weighted by Gasteiger charge is -2.31. The zero-order chi connectivity index (χ0) is 12.4. The largest absolute Gasteiger partial charge is 0.399 e. The maximum absolute atomic E-state index is 12.3. The number of nitrogens with two attached hydrogens (primary N) is 1. The molecule has 17 heavy (non-hydrogen) atoms. The van der Waals surface area contributed by atoms with Gasteiger partial charge in [-0.2, -0.15) is 0 Å². The van der Waals surface area contributed by atoms with Crippen molar-refractivity contribution in [3.05, 3.63) is 28.8 Å². The highest BCUT2D eigenvalue weighted by Crippen LogP contribution is 2.21. The van der Waals surface area contributed by atoms with E-state index in [4.69, 9.17) is 17.3 Å².